The maximum absolute atomic E-state index is 12.1. The Morgan fingerprint density at radius 1 is 1.21 bits per heavy atom. The van der Waals surface area contributed by atoms with E-state index in [2.05, 4.69) is 39.8 Å². The summed E-state index contributed by atoms with van der Waals surface area (Å²) in [5.41, 5.74) is 3.28. The molecule has 1 heterocycles. The van der Waals surface area contributed by atoms with E-state index in [9.17, 15) is 4.79 Å². The molecule has 1 aromatic heterocycles. The van der Waals surface area contributed by atoms with Gasteiger partial charge < -0.3 is 4.42 Å². The molecule has 1 saturated carbocycles. The number of benzene rings is 1. The third kappa shape index (κ3) is 2.20. The van der Waals surface area contributed by atoms with E-state index in [0.717, 1.165) is 23.8 Å². The number of furan rings is 1. The van der Waals surface area contributed by atoms with Crippen molar-refractivity contribution >= 4 is 16.8 Å². The minimum Gasteiger partial charge on any atom is -0.453 e. The van der Waals surface area contributed by atoms with Gasteiger partial charge in [0.1, 0.15) is 5.58 Å². The Morgan fingerprint density at radius 2 is 1.89 bits per heavy atom. The minimum atomic E-state index is 0.0159. The zero-order valence-electron chi connectivity index (χ0n) is 12.0. The van der Waals surface area contributed by atoms with E-state index in [4.69, 9.17) is 4.42 Å². The lowest BCUT2D eigenvalue weighted by Gasteiger charge is -2.19. The van der Waals surface area contributed by atoms with Gasteiger partial charge in [0.25, 0.3) is 0 Å². The molecule has 0 unspecified atom stereocenters. The molecule has 0 atom stereocenters. The van der Waals surface area contributed by atoms with E-state index in [1.165, 1.54) is 11.1 Å². The smallest absolute Gasteiger partial charge is 0.201 e. The van der Waals surface area contributed by atoms with Gasteiger partial charge in [-0.2, -0.15) is 0 Å². The fourth-order valence-corrected chi connectivity index (χ4v) is 2.53. The zero-order valence-corrected chi connectivity index (χ0v) is 12.0. The summed E-state index contributed by atoms with van der Waals surface area (Å²) in [5.74, 6) is 0.919. The monoisotopic (exact) mass is 256 g/mol. The molecule has 1 aliphatic rings. The van der Waals surface area contributed by atoms with Gasteiger partial charge in [0.15, 0.2) is 5.76 Å². The lowest BCUT2D eigenvalue weighted by atomic mass is 9.85. The second kappa shape index (κ2) is 3.96. The summed E-state index contributed by atoms with van der Waals surface area (Å²) in [6.07, 6.45) is 2.03. The van der Waals surface area contributed by atoms with Crippen molar-refractivity contribution in [3.8, 4) is 0 Å². The first kappa shape index (κ1) is 12.5. The molecule has 100 valence electrons. The highest BCUT2D eigenvalue weighted by molar-refractivity contribution is 6.00. The molecule has 3 rings (SSSR count). The number of aryl methyl sites for hydroxylation is 1. The molecule has 0 radical (unpaired) electrons. The summed E-state index contributed by atoms with van der Waals surface area (Å²) in [7, 11) is 0. The zero-order chi connectivity index (χ0) is 13.8. The van der Waals surface area contributed by atoms with Crippen LogP contribution in [-0.2, 0) is 5.41 Å². The molecule has 0 aliphatic heterocycles. The van der Waals surface area contributed by atoms with Crippen LogP contribution in [0.1, 0.15) is 55.3 Å². The van der Waals surface area contributed by atoms with Crippen LogP contribution in [0.3, 0.4) is 0 Å². The van der Waals surface area contributed by atoms with E-state index in [-0.39, 0.29) is 17.1 Å². The molecule has 2 nitrogen and oxygen atoms in total. The molecule has 0 bridgehead atoms. The second-order valence-corrected chi connectivity index (χ2v) is 6.73. The molecule has 0 saturated heterocycles. The maximum Gasteiger partial charge on any atom is 0.201 e. The van der Waals surface area contributed by atoms with Crippen molar-refractivity contribution in [3.05, 3.63) is 35.1 Å². The largest absolute Gasteiger partial charge is 0.453 e. The number of Topliss-reactive ketones (excluding diaryl/α,β-unsaturated/α-hetero) is 1. The predicted molar refractivity (Wildman–Crippen MR) is 76.7 cm³/mol. The third-order valence-electron chi connectivity index (χ3n) is 3.76. The average molecular weight is 256 g/mol. The summed E-state index contributed by atoms with van der Waals surface area (Å²) in [6, 6.07) is 6.17. The number of carbonyl (C=O) groups excluding carboxylic acids is 1. The van der Waals surface area contributed by atoms with E-state index in [1.807, 2.05) is 6.07 Å². The van der Waals surface area contributed by atoms with Gasteiger partial charge in [-0.05, 0) is 42.9 Å². The standard InChI is InChI=1S/C17H20O2/c1-10-7-12-9-14(15(18)11-5-6-11)19-16(12)13(8-10)17(2,3)4/h7-9,11H,5-6H2,1-4H3. The average Bonchev–Trinajstić information content (AvgIpc) is 3.06. The first-order valence-corrected chi connectivity index (χ1v) is 6.95. The van der Waals surface area contributed by atoms with Crippen LogP contribution < -0.4 is 0 Å². The van der Waals surface area contributed by atoms with Crippen LogP contribution in [0.25, 0.3) is 11.0 Å². The highest BCUT2D eigenvalue weighted by atomic mass is 16.3. The Bertz CT molecular complexity index is 652. The Balaban J connectivity index is 2.18. The van der Waals surface area contributed by atoms with E-state index in [0.29, 0.717) is 5.76 Å². The first-order valence-electron chi connectivity index (χ1n) is 6.95. The summed E-state index contributed by atoms with van der Waals surface area (Å²) in [4.78, 5) is 12.1. The quantitative estimate of drug-likeness (QED) is 0.733. The highest BCUT2D eigenvalue weighted by Crippen LogP contribution is 2.37. The molecule has 0 spiro atoms. The molecule has 2 aromatic rings. The van der Waals surface area contributed by atoms with Crippen LogP contribution in [0.2, 0.25) is 0 Å². The van der Waals surface area contributed by atoms with Crippen molar-refractivity contribution in [2.45, 2.75) is 46.0 Å². The normalized spacial score (nSPS) is 16.0. The molecule has 1 aliphatic carbocycles. The van der Waals surface area contributed by atoms with Crippen LogP contribution in [0.5, 0.6) is 0 Å². The Hall–Kier alpha value is -1.57. The van der Waals surface area contributed by atoms with Gasteiger partial charge in [0.2, 0.25) is 5.78 Å². The Labute approximate surface area is 113 Å². The van der Waals surface area contributed by atoms with Crippen LogP contribution >= 0.6 is 0 Å². The van der Waals surface area contributed by atoms with Gasteiger partial charge in [0, 0.05) is 16.9 Å². The summed E-state index contributed by atoms with van der Waals surface area (Å²) in [5, 5.41) is 1.05. The van der Waals surface area contributed by atoms with Gasteiger partial charge in [-0.3, -0.25) is 4.79 Å². The number of carbonyl (C=O) groups is 1. The van der Waals surface area contributed by atoms with Crippen molar-refractivity contribution in [2.75, 3.05) is 0 Å². The molecular formula is C17H20O2. The van der Waals surface area contributed by atoms with E-state index >= 15 is 0 Å². The molecule has 0 amide bonds. The topological polar surface area (TPSA) is 30.2 Å². The summed E-state index contributed by atoms with van der Waals surface area (Å²) in [6.45, 7) is 8.61. The van der Waals surface area contributed by atoms with Gasteiger partial charge in [-0.1, -0.05) is 26.8 Å². The lowest BCUT2D eigenvalue weighted by Crippen LogP contribution is -2.11. The fourth-order valence-electron chi connectivity index (χ4n) is 2.53. The van der Waals surface area contributed by atoms with Crippen molar-refractivity contribution in [3.63, 3.8) is 0 Å². The molecular weight excluding hydrogens is 236 g/mol. The summed E-state index contributed by atoms with van der Waals surface area (Å²) >= 11 is 0. The third-order valence-corrected chi connectivity index (χ3v) is 3.76. The van der Waals surface area contributed by atoms with Crippen LogP contribution in [0.15, 0.2) is 22.6 Å². The highest BCUT2D eigenvalue weighted by Gasteiger charge is 2.33. The number of fused-ring (bicyclic) bond motifs is 1. The van der Waals surface area contributed by atoms with Gasteiger partial charge in [0.05, 0.1) is 0 Å². The number of hydrogen-bond acceptors (Lipinski definition) is 2. The number of rotatable bonds is 2. The number of ketones is 1. The predicted octanol–water partition coefficient (Wildman–Crippen LogP) is 4.63. The molecule has 19 heavy (non-hydrogen) atoms. The summed E-state index contributed by atoms with van der Waals surface area (Å²) < 4.78 is 5.89. The minimum absolute atomic E-state index is 0.0159. The van der Waals surface area contributed by atoms with Crippen LogP contribution in [0, 0.1) is 12.8 Å². The van der Waals surface area contributed by atoms with Crippen molar-refractivity contribution < 1.29 is 9.21 Å². The van der Waals surface area contributed by atoms with E-state index in [1.54, 1.807) is 0 Å². The first-order chi connectivity index (χ1) is 8.86. The van der Waals surface area contributed by atoms with Gasteiger partial charge >= 0.3 is 0 Å². The lowest BCUT2D eigenvalue weighted by molar-refractivity contribution is 0.0942. The molecule has 0 N–H and O–H groups in total. The number of hydrogen-bond donors (Lipinski definition) is 0. The van der Waals surface area contributed by atoms with Crippen LogP contribution in [0.4, 0.5) is 0 Å². The molecule has 1 fully saturated rings. The van der Waals surface area contributed by atoms with E-state index < -0.39 is 0 Å². The van der Waals surface area contributed by atoms with Crippen molar-refractivity contribution in [2.24, 2.45) is 5.92 Å². The maximum atomic E-state index is 12.1. The molecule has 1 aromatic carbocycles. The molecule has 2 heteroatoms. The van der Waals surface area contributed by atoms with Crippen molar-refractivity contribution in [1.82, 2.24) is 0 Å². The Morgan fingerprint density at radius 3 is 2.47 bits per heavy atom. The van der Waals surface area contributed by atoms with Gasteiger partial charge in [-0.15, -0.1) is 0 Å². The van der Waals surface area contributed by atoms with Crippen molar-refractivity contribution in [1.29, 1.82) is 0 Å². The second-order valence-electron chi connectivity index (χ2n) is 6.73. The fraction of sp³-hybridized carbons (Fsp3) is 0.471. The van der Waals surface area contributed by atoms with Gasteiger partial charge in [-0.25, -0.2) is 0 Å². The Kier molecular flexibility index (Phi) is 2.60. The SMILES string of the molecule is Cc1cc(C(C)(C)C)c2oc(C(=O)C3CC3)cc2c1. The van der Waals surface area contributed by atoms with Crippen LogP contribution in [-0.4, -0.2) is 5.78 Å².